The van der Waals surface area contributed by atoms with Crippen molar-refractivity contribution in [1.82, 2.24) is 10.2 Å². The Hall–Kier alpha value is -1.30. The van der Waals surface area contributed by atoms with Gasteiger partial charge in [0.25, 0.3) is 0 Å². The molecule has 0 atom stereocenters. The van der Waals surface area contributed by atoms with Gasteiger partial charge in [-0.3, -0.25) is 0 Å². The van der Waals surface area contributed by atoms with Crippen LogP contribution in [0, 0.1) is 0 Å². The van der Waals surface area contributed by atoms with Crippen molar-refractivity contribution in [3.05, 3.63) is 0 Å². The van der Waals surface area contributed by atoms with Gasteiger partial charge in [-0.1, -0.05) is 19.8 Å². The van der Waals surface area contributed by atoms with Crippen molar-refractivity contribution in [2.75, 3.05) is 26.2 Å². The molecule has 1 heterocycles. The molecule has 1 aliphatic heterocycles. The molecule has 0 unspecified atom stereocenters. The average Bonchev–Trinajstić information content (AvgIpc) is 2.41. The lowest BCUT2D eigenvalue weighted by Gasteiger charge is -2.31. The number of likely N-dealkylation sites (tertiary alicyclic amines) is 1. The Kier molecular flexibility index (Phi) is 7.25. The summed E-state index contributed by atoms with van der Waals surface area (Å²) in [6, 6.07) is -0.0206. The van der Waals surface area contributed by atoms with Crippen LogP contribution in [0.4, 0.5) is 4.79 Å². The Morgan fingerprint density at radius 3 is 2.58 bits per heavy atom. The van der Waals surface area contributed by atoms with Crippen LogP contribution in [0.3, 0.4) is 0 Å². The van der Waals surface area contributed by atoms with E-state index < -0.39 is 5.97 Å². The summed E-state index contributed by atoms with van der Waals surface area (Å²) in [7, 11) is 0. The first-order chi connectivity index (χ1) is 9.13. The highest BCUT2D eigenvalue weighted by Crippen LogP contribution is 2.13. The molecule has 0 radical (unpaired) electrons. The highest BCUT2D eigenvalue weighted by atomic mass is 16.5. The Bertz CT molecular complexity index is 288. The van der Waals surface area contributed by atoms with Crippen LogP contribution in [-0.2, 0) is 9.53 Å². The maximum Gasteiger partial charge on any atom is 0.329 e. The first-order valence-corrected chi connectivity index (χ1v) is 6.99. The number of rotatable bonds is 7. The summed E-state index contributed by atoms with van der Waals surface area (Å²) in [5.74, 6) is -0.948. The summed E-state index contributed by atoms with van der Waals surface area (Å²) >= 11 is 0. The summed E-state index contributed by atoms with van der Waals surface area (Å²) in [4.78, 5) is 24.0. The van der Waals surface area contributed by atoms with Crippen LogP contribution < -0.4 is 5.32 Å². The maximum atomic E-state index is 11.8. The molecule has 6 heteroatoms. The number of ether oxygens (including phenoxy) is 1. The maximum absolute atomic E-state index is 11.8. The summed E-state index contributed by atoms with van der Waals surface area (Å²) in [5.41, 5.74) is 0. The van der Waals surface area contributed by atoms with Crippen molar-refractivity contribution in [3.8, 4) is 0 Å². The second-order valence-corrected chi connectivity index (χ2v) is 4.83. The molecular weight excluding hydrogens is 248 g/mol. The van der Waals surface area contributed by atoms with E-state index in [1.807, 2.05) is 0 Å². The quantitative estimate of drug-likeness (QED) is 0.688. The number of carboxylic acid groups (broad SMARTS) is 1. The molecule has 0 spiro atoms. The number of nitrogens with one attached hydrogen (secondary N) is 1. The lowest BCUT2D eigenvalue weighted by molar-refractivity contribution is -0.145. The summed E-state index contributed by atoms with van der Waals surface area (Å²) in [6.45, 7) is 3.85. The van der Waals surface area contributed by atoms with Crippen molar-refractivity contribution >= 4 is 12.0 Å². The molecule has 110 valence electrons. The predicted octanol–water partition coefficient (Wildman–Crippen LogP) is 1.45. The molecule has 0 aromatic carbocycles. The molecule has 1 rings (SSSR count). The predicted molar refractivity (Wildman–Crippen MR) is 71.1 cm³/mol. The van der Waals surface area contributed by atoms with E-state index in [2.05, 4.69) is 12.2 Å². The smallest absolute Gasteiger partial charge is 0.329 e. The number of unbranched alkanes of at least 4 members (excludes halogenated alkanes) is 2. The van der Waals surface area contributed by atoms with E-state index in [9.17, 15) is 9.59 Å². The third-order valence-electron chi connectivity index (χ3n) is 3.23. The van der Waals surface area contributed by atoms with Gasteiger partial charge in [0, 0.05) is 19.6 Å². The van der Waals surface area contributed by atoms with Gasteiger partial charge in [0.05, 0.1) is 6.10 Å². The molecule has 19 heavy (non-hydrogen) atoms. The highest BCUT2D eigenvalue weighted by molar-refractivity contribution is 5.74. The van der Waals surface area contributed by atoms with Crippen LogP contribution in [0.25, 0.3) is 0 Å². The number of carbonyl (C=O) groups is 2. The van der Waals surface area contributed by atoms with E-state index in [0.29, 0.717) is 25.9 Å². The van der Waals surface area contributed by atoms with Crippen molar-refractivity contribution in [2.45, 2.75) is 45.1 Å². The van der Waals surface area contributed by atoms with Gasteiger partial charge in [-0.2, -0.15) is 0 Å². The Balaban J connectivity index is 2.14. The molecule has 2 amide bonds. The minimum absolute atomic E-state index is 0.0206. The standard InChI is InChI=1S/C13H24N2O4/c1-2-3-4-7-14-13(18)15-8-5-11(6-9-15)19-10-12(16)17/h11H,2-10H2,1H3,(H,14,18)(H,16,17). The zero-order valence-corrected chi connectivity index (χ0v) is 11.6. The number of hydrogen-bond donors (Lipinski definition) is 2. The van der Waals surface area contributed by atoms with Crippen molar-refractivity contribution < 1.29 is 19.4 Å². The first kappa shape index (κ1) is 15.8. The molecule has 0 saturated carbocycles. The molecule has 0 aromatic heterocycles. The molecule has 1 aliphatic rings. The lowest BCUT2D eigenvalue weighted by Crippen LogP contribution is -2.46. The highest BCUT2D eigenvalue weighted by Gasteiger charge is 2.23. The van der Waals surface area contributed by atoms with Crippen molar-refractivity contribution in [1.29, 1.82) is 0 Å². The SMILES string of the molecule is CCCCCNC(=O)N1CCC(OCC(=O)O)CC1. The number of aliphatic carboxylic acids is 1. The number of nitrogens with zero attached hydrogens (tertiary/aromatic N) is 1. The molecule has 0 aliphatic carbocycles. The van der Waals surface area contributed by atoms with E-state index >= 15 is 0 Å². The van der Waals surface area contributed by atoms with Gasteiger partial charge in [-0.25, -0.2) is 9.59 Å². The van der Waals surface area contributed by atoms with E-state index in [4.69, 9.17) is 9.84 Å². The number of carbonyl (C=O) groups excluding carboxylic acids is 1. The fourth-order valence-electron chi connectivity index (χ4n) is 2.10. The van der Waals surface area contributed by atoms with Gasteiger partial charge in [-0.05, 0) is 19.3 Å². The fourth-order valence-corrected chi connectivity index (χ4v) is 2.10. The van der Waals surface area contributed by atoms with Crippen LogP contribution in [0.1, 0.15) is 39.0 Å². The van der Waals surface area contributed by atoms with Crippen LogP contribution >= 0.6 is 0 Å². The van der Waals surface area contributed by atoms with Gasteiger partial charge >= 0.3 is 12.0 Å². The fraction of sp³-hybridized carbons (Fsp3) is 0.846. The Labute approximate surface area is 114 Å². The van der Waals surface area contributed by atoms with E-state index in [1.165, 1.54) is 0 Å². The summed E-state index contributed by atoms with van der Waals surface area (Å²) < 4.78 is 5.23. The zero-order valence-electron chi connectivity index (χ0n) is 11.6. The van der Waals surface area contributed by atoms with Crippen LogP contribution in [-0.4, -0.2) is 54.4 Å². The summed E-state index contributed by atoms with van der Waals surface area (Å²) in [6.07, 6.45) is 4.65. The molecule has 0 aromatic rings. The van der Waals surface area contributed by atoms with E-state index in [1.54, 1.807) is 4.90 Å². The topological polar surface area (TPSA) is 78.9 Å². The molecule has 6 nitrogen and oxygen atoms in total. The van der Waals surface area contributed by atoms with E-state index in [-0.39, 0.29) is 18.7 Å². The molecule has 2 N–H and O–H groups in total. The van der Waals surface area contributed by atoms with Gasteiger partial charge in [0.2, 0.25) is 0 Å². The lowest BCUT2D eigenvalue weighted by atomic mass is 10.1. The molecular formula is C13H24N2O4. The average molecular weight is 272 g/mol. The normalized spacial score (nSPS) is 16.4. The number of amides is 2. The van der Waals surface area contributed by atoms with Crippen molar-refractivity contribution in [2.24, 2.45) is 0 Å². The number of hydrogen-bond acceptors (Lipinski definition) is 3. The number of urea groups is 1. The number of carboxylic acids is 1. The second-order valence-electron chi connectivity index (χ2n) is 4.83. The van der Waals surface area contributed by atoms with Gasteiger partial charge in [0.1, 0.15) is 6.61 Å². The van der Waals surface area contributed by atoms with Crippen LogP contribution in [0.2, 0.25) is 0 Å². The van der Waals surface area contributed by atoms with Crippen LogP contribution in [0.5, 0.6) is 0 Å². The first-order valence-electron chi connectivity index (χ1n) is 6.99. The van der Waals surface area contributed by atoms with Gasteiger partial charge in [0.15, 0.2) is 0 Å². The minimum Gasteiger partial charge on any atom is -0.480 e. The molecule has 0 bridgehead atoms. The van der Waals surface area contributed by atoms with Crippen LogP contribution in [0.15, 0.2) is 0 Å². The number of piperidine rings is 1. The van der Waals surface area contributed by atoms with Gasteiger partial charge < -0.3 is 20.1 Å². The third kappa shape index (κ3) is 6.42. The summed E-state index contributed by atoms with van der Waals surface area (Å²) in [5, 5.41) is 11.4. The zero-order chi connectivity index (χ0) is 14.1. The monoisotopic (exact) mass is 272 g/mol. The third-order valence-corrected chi connectivity index (χ3v) is 3.23. The van der Waals surface area contributed by atoms with Gasteiger partial charge in [-0.15, -0.1) is 0 Å². The second kappa shape index (κ2) is 8.74. The minimum atomic E-state index is -0.948. The Morgan fingerprint density at radius 2 is 2.00 bits per heavy atom. The molecule has 1 fully saturated rings. The van der Waals surface area contributed by atoms with E-state index in [0.717, 1.165) is 25.8 Å². The van der Waals surface area contributed by atoms with Crippen molar-refractivity contribution in [3.63, 3.8) is 0 Å². The largest absolute Gasteiger partial charge is 0.480 e. The molecule has 1 saturated heterocycles. The Morgan fingerprint density at radius 1 is 1.32 bits per heavy atom.